The second-order valence-corrected chi connectivity index (χ2v) is 6.00. The van der Waals surface area contributed by atoms with Crippen LogP contribution in [-0.2, 0) is 4.79 Å². The standard InChI is InChI=1S/C17H21FN4O2/c1-12-11-16(24-20-12)19-17(23)13(2)21-7-9-22(10-8-21)15-5-3-14(18)4-6-15/h3-6,11,13H,7-10H2,1-2H3,(H,19,23). The van der Waals surface area contributed by atoms with E-state index in [1.165, 1.54) is 12.1 Å². The SMILES string of the molecule is Cc1cc(NC(=O)C(C)N2CCN(c3ccc(F)cc3)CC2)on1. The zero-order chi connectivity index (χ0) is 17.1. The Morgan fingerprint density at radius 1 is 1.25 bits per heavy atom. The minimum atomic E-state index is -0.259. The van der Waals surface area contributed by atoms with Crippen molar-refractivity contribution in [2.24, 2.45) is 0 Å². The molecule has 0 aliphatic carbocycles. The summed E-state index contributed by atoms with van der Waals surface area (Å²) in [4.78, 5) is 16.6. The number of piperazine rings is 1. The molecule has 1 aromatic heterocycles. The molecule has 1 fully saturated rings. The highest BCUT2D eigenvalue weighted by Crippen LogP contribution is 2.18. The number of aryl methyl sites for hydroxylation is 1. The van der Waals surface area contributed by atoms with E-state index in [0.717, 1.165) is 37.6 Å². The number of nitrogens with zero attached hydrogens (tertiary/aromatic N) is 3. The molecule has 1 aliphatic rings. The molecule has 0 spiro atoms. The quantitative estimate of drug-likeness (QED) is 0.931. The molecule has 2 aromatic rings. The molecule has 1 aromatic carbocycles. The van der Waals surface area contributed by atoms with E-state index in [2.05, 4.69) is 20.3 Å². The molecule has 1 saturated heterocycles. The van der Waals surface area contributed by atoms with Gasteiger partial charge in [0.05, 0.1) is 11.7 Å². The second-order valence-electron chi connectivity index (χ2n) is 6.00. The van der Waals surface area contributed by atoms with Gasteiger partial charge in [0.1, 0.15) is 5.82 Å². The molecule has 3 rings (SSSR count). The van der Waals surface area contributed by atoms with Gasteiger partial charge in [0.15, 0.2) is 0 Å². The molecule has 0 bridgehead atoms. The van der Waals surface area contributed by atoms with Crippen molar-refractivity contribution >= 4 is 17.5 Å². The Balaban J connectivity index is 1.53. The third-order valence-electron chi connectivity index (χ3n) is 4.31. The fourth-order valence-corrected chi connectivity index (χ4v) is 2.83. The number of amides is 1. The fraction of sp³-hybridized carbons (Fsp3) is 0.412. The number of halogens is 1. The Bertz CT molecular complexity index is 693. The Morgan fingerprint density at radius 2 is 1.92 bits per heavy atom. The molecule has 6 nitrogen and oxygen atoms in total. The number of carbonyl (C=O) groups is 1. The molecule has 2 heterocycles. The zero-order valence-corrected chi connectivity index (χ0v) is 13.8. The van der Waals surface area contributed by atoms with E-state index in [4.69, 9.17) is 4.52 Å². The van der Waals surface area contributed by atoms with E-state index in [1.54, 1.807) is 25.1 Å². The van der Waals surface area contributed by atoms with E-state index in [1.807, 2.05) is 6.92 Å². The van der Waals surface area contributed by atoms with Crippen molar-refractivity contribution in [3.05, 3.63) is 41.8 Å². The van der Waals surface area contributed by atoms with E-state index in [0.29, 0.717) is 5.88 Å². The summed E-state index contributed by atoms with van der Waals surface area (Å²) < 4.78 is 18.0. The van der Waals surface area contributed by atoms with Gasteiger partial charge in [0, 0.05) is 37.9 Å². The second kappa shape index (κ2) is 7.00. The number of hydrogen-bond donors (Lipinski definition) is 1. The normalized spacial score (nSPS) is 16.9. The van der Waals surface area contributed by atoms with Gasteiger partial charge >= 0.3 is 0 Å². The van der Waals surface area contributed by atoms with Crippen LogP contribution in [0.25, 0.3) is 0 Å². The summed E-state index contributed by atoms with van der Waals surface area (Å²) >= 11 is 0. The average Bonchev–Trinajstić information content (AvgIpc) is 3.00. The number of carbonyl (C=O) groups excluding carboxylic acids is 1. The minimum absolute atomic E-state index is 0.110. The number of hydrogen-bond acceptors (Lipinski definition) is 5. The molecular weight excluding hydrogens is 311 g/mol. The third-order valence-corrected chi connectivity index (χ3v) is 4.31. The fourth-order valence-electron chi connectivity index (χ4n) is 2.83. The van der Waals surface area contributed by atoms with Gasteiger partial charge in [-0.25, -0.2) is 4.39 Å². The Labute approximate surface area is 140 Å². The first-order valence-electron chi connectivity index (χ1n) is 8.01. The number of benzene rings is 1. The first kappa shape index (κ1) is 16.4. The van der Waals surface area contributed by atoms with Crippen molar-refractivity contribution in [2.45, 2.75) is 19.9 Å². The predicted octanol–water partition coefficient (Wildman–Crippen LogP) is 2.27. The lowest BCUT2D eigenvalue weighted by Crippen LogP contribution is -2.52. The number of rotatable bonds is 4. The highest BCUT2D eigenvalue weighted by atomic mass is 19.1. The van der Waals surface area contributed by atoms with Gasteiger partial charge in [-0.1, -0.05) is 5.16 Å². The van der Waals surface area contributed by atoms with Crippen LogP contribution >= 0.6 is 0 Å². The lowest BCUT2D eigenvalue weighted by atomic mass is 10.2. The van der Waals surface area contributed by atoms with Crippen LogP contribution in [0.3, 0.4) is 0 Å². The van der Waals surface area contributed by atoms with Gasteiger partial charge < -0.3 is 9.42 Å². The Kier molecular flexibility index (Phi) is 4.80. The largest absolute Gasteiger partial charge is 0.369 e. The van der Waals surface area contributed by atoms with Crippen molar-refractivity contribution in [1.82, 2.24) is 10.1 Å². The van der Waals surface area contributed by atoms with Crippen LogP contribution in [0.4, 0.5) is 16.0 Å². The summed E-state index contributed by atoms with van der Waals surface area (Å²) in [5.74, 6) is 0.0287. The van der Waals surface area contributed by atoms with E-state index < -0.39 is 0 Å². The van der Waals surface area contributed by atoms with Crippen LogP contribution in [0.2, 0.25) is 0 Å². The van der Waals surface area contributed by atoms with Gasteiger partial charge in [-0.3, -0.25) is 15.0 Å². The molecule has 7 heteroatoms. The summed E-state index contributed by atoms with van der Waals surface area (Å²) in [6.07, 6.45) is 0. The smallest absolute Gasteiger partial charge is 0.243 e. The molecule has 1 aliphatic heterocycles. The van der Waals surface area contributed by atoms with Crippen LogP contribution in [0.5, 0.6) is 0 Å². The maximum atomic E-state index is 13.0. The molecule has 1 N–H and O–H groups in total. The number of anilines is 2. The lowest BCUT2D eigenvalue weighted by Gasteiger charge is -2.38. The van der Waals surface area contributed by atoms with E-state index >= 15 is 0 Å². The first-order valence-corrected chi connectivity index (χ1v) is 8.01. The van der Waals surface area contributed by atoms with Crippen LogP contribution in [0, 0.1) is 12.7 Å². The molecule has 1 amide bonds. The lowest BCUT2D eigenvalue weighted by molar-refractivity contribution is -0.121. The first-order chi connectivity index (χ1) is 11.5. The van der Waals surface area contributed by atoms with Crippen molar-refractivity contribution in [3.63, 3.8) is 0 Å². The van der Waals surface area contributed by atoms with Gasteiger partial charge in [-0.05, 0) is 38.1 Å². The summed E-state index contributed by atoms with van der Waals surface area (Å²) in [7, 11) is 0. The third kappa shape index (κ3) is 3.73. The van der Waals surface area contributed by atoms with Gasteiger partial charge in [-0.2, -0.15) is 0 Å². The van der Waals surface area contributed by atoms with Crippen LogP contribution < -0.4 is 10.2 Å². The van der Waals surface area contributed by atoms with Crippen molar-refractivity contribution in [2.75, 3.05) is 36.4 Å². The monoisotopic (exact) mass is 332 g/mol. The summed E-state index contributed by atoms with van der Waals surface area (Å²) in [5.41, 5.74) is 1.73. The molecule has 0 saturated carbocycles. The maximum Gasteiger partial charge on any atom is 0.243 e. The summed E-state index contributed by atoms with van der Waals surface area (Å²) in [6.45, 7) is 6.81. The van der Waals surface area contributed by atoms with E-state index in [-0.39, 0.29) is 17.8 Å². The molecule has 1 atom stereocenters. The van der Waals surface area contributed by atoms with E-state index in [9.17, 15) is 9.18 Å². The zero-order valence-electron chi connectivity index (χ0n) is 13.8. The molecular formula is C17H21FN4O2. The Morgan fingerprint density at radius 3 is 2.50 bits per heavy atom. The summed E-state index contributed by atoms with van der Waals surface area (Å²) in [5, 5.41) is 6.50. The molecule has 1 unspecified atom stereocenters. The van der Waals surface area contributed by atoms with Crippen LogP contribution in [0.15, 0.2) is 34.9 Å². The van der Waals surface area contributed by atoms with Gasteiger partial charge in [0.25, 0.3) is 0 Å². The average molecular weight is 332 g/mol. The predicted molar refractivity (Wildman–Crippen MR) is 89.5 cm³/mol. The van der Waals surface area contributed by atoms with Crippen molar-refractivity contribution in [1.29, 1.82) is 0 Å². The van der Waals surface area contributed by atoms with Crippen LogP contribution in [-0.4, -0.2) is 48.2 Å². The highest BCUT2D eigenvalue weighted by Gasteiger charge is 2.26. The number of aromatic nitrogens is 1. The number of nitrogens with one attached hydrogen (secondary N) is 1. The Hall–Kier alpha value is -2.41. The van der Waals surface area contributed by atoms with Crippen LogP contribution in [0.1, 0.15) is 12.6 Å². The topological polar surface area (TPSA) is 61.6 Å². The molecule has 24 heavy (non-hydrogen) atoms. The minimum Gasteiger partial charge on any atom is -0.369 e. The molecule has 0 radical (unpaired) electrons. The highest BCUT2D eigenvalue weighted by molar-refractivity contribution is 5.93. The van der Waals surface area contributed by atoms with Crippen molar-refractivity contribution in [3.8, 4) is 0 Å². The van der Waals surface area contributed by atoms with Gasteiger partial charge in [-0.15, -0.1) is 0 Å². The van der Waals surface area contributed by atoms with Gasteiger partial charge in [0.2, 0.25) is 11.8 Å². The van der Waals surface area contributed by atoms with Crippen molar-refractivity contribution < 1.29 is 13.7 Å². The molecule has 128 valence electrons. The summed E-state index contributed by atoms with van der Waals surface area (Å²) in [6, 6.07) is 7.94. The maximum absolute atomic E-state index is 13.0.